The molecule has 2 fully saturated rings. The Morgan fingerprint density at radius 1 is 1.39 bits per heavy atom. The summed E-state index contributed by atoms with van der Waals surface area (Å²) in [4.78, 5) is 25.0. The molecular weight excluding hydrogens is 234 g/mol. The number of carbonyl (C=O) groups is 2. The third-order valence-corrected chi connectivity index (χ3v) is 4.15. The molecule has 0 spiro atoms. The van der Waals surface area contributed by atoms with Gasteiger partial charge in [-0.3, -0.25) is 9.59 Å². The first-order chi connectivity index (χ1) is 8.51. The minimum Gasteiger partial charge on any atom is -0.481 e. The standard InChI is InChI=1S/C13H21NO4/c1-13(12(16)17)4-5-14(9-13)11(15)8-10-2-6-18-7-3-10/h10H,2-9H2,1H3,(H,16,17)/t13-/m1/s1. The van der Waals surface area contributed by atoms with E-state index in [0.29, 0.717) is 31.8 Å². The van der Waals surface area contributed by atoms with E-state index < -0.39 is 11.4 Å². The van der Waals surface area contributed by atoms with E-state index in [0.717, 1.165) is 26.1 Å². The first-order valence-electron chi connectivity index (χ1n) is 6.60. The zero-order valence-corrected chi connectivity index (χ0v) is 10.9. The number of carbonyl (C=O) groups excluding carboxylic acids is 1. The fourth-order valence-electron chi connectivity index (χ4n) is 2.68. The van der Waals surface area contributed by atoms with E-state index in [1.807, 2.05) is 0 Å². The molecule has 0 unspecified atom stereocenters. The molecule has 2 aliphatic heterocycles. The Kier molecular flexibility index (Phi) is 3.90. The van der Waals surface area contributed by atoms with E-state index in [-0.39, 0.29) is 5.91 Å². The molecule has 1 amide bonds. The molecule has 18 heavy (non-hydrogen) atoms. The van der Waals surface area contributed by atoms with Crippen LogP contribution in [0.15, 0.2) is 0 Å². The maximum absolute atomic E-state index is 12.1. The summed E-state index contributed by atoms with van der Waals surface area (Å²) in [7, 11) is 0. The van der Waals surface area contributed by atoms with E-state index in [2.05, 4.69) is 0 Å². The van der Waals surface area contributed by atoms with E-state index in [1.165, 1.54) is 0 Å². The molecule has 5 heteroatoms. The molecular formula is C13H21NO4. The van der Waals surface area contributed by atoms with Crippen molar-refractivity contribution < 1.29 is 19.4 Å². The summed E-state index contributed by atoms with van der Waals surface area (Å²) in [6, 6.07) is 0. The molecule has 0 saturated carbocycles. The van der Waals surface area contributed by atoms with E-state index >= 15 is 0 Å². The third-order valence-electron chi connectivity index (χ3n) is 4.15. The fourth-order valence-corrected chi connectivity index (χ4v) is 2.68. The van der Waals surface area contributed by atoms with Crippen LogP contribution in [0.5, 0.6) is 0 Å². The summed E-state index contributed by atoms with van der Waals surface area (Å²) in [6.45, 7) is 4.13. The van der Waals surface area contributed by atoms with Crippen LogP contribution in [0.4, 0.5) is 0 Å². The van der Waals surface area contributed by atoms with Crippen LogP contribution < -0.4 is 0 Å². The number of rotatable bonds is 3. The predicted molar refractivity (Wildman–Crippen MR) is 65.1 cm³/mol. The molecule has 5 nitrogen and oxygen atoms in total. The van der Waals surface area contributed by atoms with Gasteiger partial charge >= 0.3 is 5.97 Å². The number of aliphatic carboxylic acids is 1. The highest BCUT2D eigenvalue weighted by molar-refractivity contribution is 5.80. The average Bonchev–Trinajstić information content (AvgIpc) is 2.75. The number of nitrogens with zero attached hydrogens (tertiary/aromatic N) is 1. The summed E-state index contributed by atoms with van der Waals surface area (Å²) >= 11 is 0. The molecule has 0 aliphatic carbocycles. The number of hydrogen-bond donors (Lipinski definition) is 1. The zero-order valence-electron chi connectivity index (χ0n) is 10.9. The Morgan fingerprint density at radius 3 is 2.61 bits per heavy atom. The number of likely N-dealkylation sites (tertiary alicyclic amines) is 1. The van der Waals surface area contributed by atoms with Crippen molar-refractivity contribution in [2.45, 2.75) is 32.6 Å². The smallest absolute Gasteiger partial charge is 0.311 e. The number of carboxylic acid groups (broad SMARTS) is 1. The second-order valence-electron chi connectivity index (χ2n) is 5.69. The number of carboxylic acids is 1. The lowest BCUT2D eigenvalue weighted by molar-refractivity contribution is -0.147. The van der Waals surface area contributed by atoms with Gasteiger partial charge < -0.3 is 14.7 Å². The SMILES string of the molecule is C[C@@]1(C(=O)O)CCN(C(=O)CC2CCOCC2)C1. The predicted octanol–water partition coefficient (Wildman–Crippen LogP) is 1.13. The zero-order chi connectivity index (χ0) is 13.2. The Hall–Kier alpha value is -1.10. The van der Waals surface area contributed by atoms with Gasteiger partial charge in [0.05, 0.1) is 5.41 Å². The van der Waals surface area contributed by atoms with Gasteiger partial charge in [0.2, 0.25) is 5.91 Å². The van der Waals surface area contributed by atoms with Gasteiger partial charge in [0.1, 0.15) is 0 Å². The van der Waals surface area contributed by atoms with Crippen LogP contribution in [0.1, 0.15) is 32.6 Å². The molecule has 102 valence electrons. The van der Waals surface area contributed by atoms with Gasteiger partial charge in [0.25, 0.3) is 0 Å². The molecule has 1 N–H and O–H groups in total. The van der Waals surface area contributed by atoms with Gasteiger partial charge in [-0.25, -0.2) is 0 Å². The Labute approximate surface area is 107 Å². The van der Waals surface area contributed by atoms with Gasteiger partial charge in [0.15, 0.2) is 0 Å². The maximum Gasteiger partial charge on any atom is 0.311 e. The monoisotopic (exact) mass is 255 g/mol. The second-order valence-corrected chi connectivity index (χ2v) is 5.69. The lowest BCUT2D eigenvalue weighted by Crippen LogP contribution is -2.36. The van der Waals surface area contributed by atoms with Gasteiger partial charge in [-0.05, 0) is 32.1 Å². The average molecular weight is 255 g/mol. The molecule has 2 aliphatic rings. The minimum atomic E-state index is -0.802. The molecule has 2 heterocycles. The summed E-state index contributed by atoms with van der Waals surface area (Å²) in [5.41, 5.74) is -0.759. The first-order valence-corrected chi connectivity index (χ1v) is 6.60. The minimum absolute atomic E-state index is 0.104. The Balaban J connectivity index is 1.85. The third kappa shape index (κ3) is 2.83. The van der Waals surface area contributed by atoms with Crippen LogP contribution in [-0.2, 0) is 14.3 Å². The number of ether oxygens (including phenoxy) is 1. The van der Waals surface area contributed by atoms with Crippen LogP contribution in [0.25, 0.3) is 0 Å². The molecule has 0 aromatic heterocycles. The first kappa shape index (κ1) is 13.3. The molecule has 0 aromatic carbocycles. The van der Waals surface area contributed by atoms with Crippen LogP contribution in [0.3, 0.4) is 0 Å². The van der Waals surface area contributed by atoms with Crippen molar-refractivity contribution in [1.82, 2.24) is 4.90 Å². The normalized spacial score (nSPS) is 29.5. The van der Waals surface area contributed by atoms with Crippen molar-refractivity contribution in [1.29, 1.82) is 0 Å². The topological polar surface area (TPSA) is 66.8 Å². The van der Waals surface area contributed by atoms with Crippen LogP contribution in [0.2, 0.25) is 0 Å². The quantitative estimate of drug-likeness (QED) is 0.821. The lowest BCUT2D eigenvalue weighted by atomic mass is 9.90. The van der Waals surface area contributed by atoms with Crippen LogP contribution >= 0.6 is 0 Å². The molecule has 0 aromatic rings. The van der Waals surface area contributed by atoms with Crippen molar-refractivity contribution >= 4 is 11.9 Å². The highest BCUT2D eigenvalue weighted by Gasteiger charge is 2.42. The second kappa shape index (κ2) is 5.26. The molecule has 0 radical (unpaired) electrons. The summed E-state index contributed by atoms with van der Waals surface area (Å²) in [6.07, 6.45) is 2.98. The Bertz CT molecular complexity index is 338. The summed E-state index contributed by atoms with van der Waals surface area (Å²) < 4.78 is 5.27. The van der Waals surface area contributed by atoms with Crippen LogP contribution in [0, 0.1) is 11.3 Å². The molecule has 2 rings (SSSR count). The van der Waals surface area contributed by atoms with E-state index in [4.69, 9.17) is 9.84 Å². The van der Waals surface area contributed by atoms with Crippen LogP contribution in [-0.4, -0.2) is 48.2 Å². The molecule has 1 atom stereocenters. The van der Waals surface area contributed by atoms with Gasteiger partial charge in [-0.2, -0.15) is 0 Å². The lowest BCUT2D eigenvalue weighted by Gasteiger charge is -2.25. The Morgan fingerprint density at radius 2 is 2.06 bits per heavy atom. The molecule has 2 saturated heterocycles. The van der Waals surface area contributed by atoms with Crippen molar-refractivity contribution in [2.75, 3.05) is 26.3 Å². The van der Waals surface area contributed by atoms with E-state index in [1.54, 1.807) is 11.8 Å². The van der Waals surface area contributed by atoms with E-state index in [9.17, 15) is 9.59 Å². The highest BCUT2D eigenvalue weighted by atomic mass is 16.5. The largest absolute Gasteiger partial charge is 0.481 e. The van der Waals surface area contributed by atoms with Crippen molar-refractivity contribution in [2.24, 2.45) is 11.3 Å². The number of amides is 1. The van der Waals surface area contributed by atoms with Gasteiger partial charge in [0, 0.05) is 32.7 Å². The molecule has 0 bridgehead atoms. The fraction of sp³-hybridized carbons (Fsp3) is 0.846. The maximum atomic E-state index is 12.1. The van der Waals surface area contributed by atoms with Crippen molar-refractivity contribution in [3.8, 4) is 0 Å². The highest BCUT2D eigenvalue weighted by Crippen LogP contribution is 2.31. The van der Waals surface area contributed by atoms with Crippen molar-refractivity contribution in [3.05, 3.63) is 0 Å². The van der Waals surface area contributed by atoms with Crippen molar-refractivity contribution in [3.63, 3.8) is 0 Å². The summed E-state index contributed by atoms with van der Waals surface area (Å²) in [5, 5.41) is 9.14. The number of hydrogen-bond acceptors (Lipinski definition) is 3. The van der Waals surface area contributed by atoms with Gasteiger partial charge in [-0.1, -0.05) is 0 Å². The van der Waals surface area contributed by atoms with Gasteiger partial charge in [-0.15, -0.1) is 0 Å². The summed E-state index contributed by atoms with van der Waals surface area (Å²) in [5.74, 6) is -0.293.